The number of hydrogen-bond donors (Lipinski definition) is 1. The maximum absolute atomic E-state index is 5.75. The number of nitrogens with zero attached hydrogens (tertiary/aromatic N) is 3. The van der Waals surface area contributed by atoms with Gasteiger partial charge in [0, 0.05) is 37.8 Å². The van der Waals surface area contributed by atoms with Crippen LogP contribution in [0.25, 0.3) is 4.96 Å². The Labute approximate surface area is 117 Å². The van der Waals surface area contributed by atoms with Crippen molar-refractivity contribution in [1.29, 1.82) is 0 Å². The average Bonchev–Trinajstić information content (AvgIpc) is 2.92. The van der Waals surface area contributed by atoms with E-state index in [4.69, 9.17) is 4.74 Å². The van der Waals surface area contributed by atoms with Gasteiger partial charge in [0.05, 0.1) is 24.1 Å². The first-order valence-corrected chi connectivity index (χ1v) is 7.54. The quantitative estimate of drug-likeness (QED) is 0.911. The number of aromatic nitrogens is 2. The second-order valence-electron chi connectivity index (χ2n) is 5.09. The van der Waals surface area contributed by atoms with Crippen molar-refractivity contribution in [3.05, 3.63) is 23.0 Å². The lowest BCUT2D eigenvalue weighted by Gasteiger charge is -2.30. The predicted octanol–water partition coefficient (Wildman–Crippen LogP) is 1.12. The van der Waals surface area contributed by atoms with Gasteiger partial charge in [-0.2, -0.15) is 0 Å². The number of hydrogen-bond acceptors (Lipinski definition) is 5. The van der Waals surface area contributed by atoms with Gasteiger partial charge < -0.3 is 15.0 Å². The van der Waals surface area contributed by atoms with Crippen molar-refractivity contribution in [1.82, 2.24) is 19.6 Å². The maximum Gasteiger partial charge on any atom is 0.194 e. The molecule has 2 aromatic rings. The summed E-state index contributed by atoms with van der Waals surface area (Å²) >= 11 is 1.68. The lowest BCUT2D eigenvalue weighted by molar-refractivity contribution is -0.0182. The summed E-state index contributed by atoms with van der Waals surface area (Å²) in [5, 5.41) is 5.57. The summed E-state index contributed by atoms with van der Waals surface area (Å²) in [7, 11) is 2.14. The third-order valence-corrected chi connectivity index (χ3v) is 4.32. The van der Waals surface area contributed by atoms with E-state index in [-0.39, 0.29) is 0 Å². The molecule has 1 aliphatic heterocycles. The Morgan fingerprint density at radius 3 is 3.32 bits per heavy atom. The molecule has 0 unspecified atom stereocenters. The molecule has 3 rings (SSSR count). The fourth-order valence-electron chi connectivity index (χ4n) is 2.50. The van der Waals surface area contributed by atoms with Crippen LogP contribution in [0.4, 0.5) is 0 Å². The number of ether oxygens (including phenoxy) is 1. The van der Waals surface area contributed by atoms with Crippen molar-refractivity contribution >= 4 is 16.3 Å². The predicted molar refractivity (Wildman–Crippen MR) is 76.7 cm³/mol. The van der Waals surface area contributed by atoms with Gasteiger partial charge in [-0.15, -0.1) is 11.3 Å². The number of fused-ring (bicyclic) bond motifs is 1. The van der Waals surface area contributed by atoms with E-state index in [1.807, 2.05) is 0 Å². The number of imidazole rings is 1. The standard InChI is InChI=1S/C13H20N4OS/c1-10-12(17-4-6-19-13(17)15-10)8-14-7-11-9-16(2)3-5-18-11/h4,6,11,14H,3,5,7-9H2,1-2H3/t11-/m0/s1. The highest BCUT2D eigenvalue weighted by atomic mass is 32.1. The molecule has 0 saturated carbocycles. The normalized spacial score (nSPS) is 21.3. The van der Waals surface area contributed by atoms with Crippen molar-refractivity contribution in [3.8, 4) is 0 Å². The number of aryl methyl sites for hydroxylation is 1. The first-order valence-electron chi connectivity index (χ1n) is 6.66. The van der Waals surface area contributed by atoms with E-state index >= 15 is 0 Å². The van der Waals surface area contributed by atoms with Crippen LogP contribution >= 0.6 is 11.3 Å². The van der Waals surface area contributed by atoms with Gasteiger partial charge in [-0.1, -0.05) is 0 Å². The molecular formula is C13H20N4OS. The minimum atomic E-state index is 0.296. The lowest BCUT2D eigenvalue weighted by Crippen LogP contribution is -2.44. The van der Waals surface area contributed by atoms with E-state index in [0.29, 0.717) is 6.10 Å². The van der Waals surface area contributed by atoms with Crippen LogP contribution in [0.2, 0.25) is 0 Å². The van der Waals surface area contributed by atoms with Gasteiger partial charge >= 0.3 is 0 Å². The number of thiazole rings is 1. The van der Waals surface area contributed by atoms with Gasteiger partial charge in [0.1, 0.15) is 0 Å². The zero-order valence-electron chi connectivity index (χ0n) is 11.4. The number of morpholine rings is 1. The van der Waals surface area contributed by atoms with Crippen molar-refractivity contribution in [2.24, 2.45) is 0 Å². The summed E-state index contributed by atoms with van der Waals surface area (Å²) in [5.41, 5.74) is 2.36. The van der Waals surface area contributed by atoms with Gasteiger partial charge in [-0.05, 0) is 14.0 Å². The molecule has 0 radical (unpaired) electrons. The van der Waals surface area contributed by atoms with Crippen LogP contribution < -0.4 is 5.32 Å². The number of nitrogens with one attached hydrogen (secondary N) is 1. The van der Waals surface area contributed by atoms with Gasteiger partial charge in [0.15, 0.2) is 4.96 Å². The van der Waals surface area contributed by atoms with Crippen LogP contribution in [-0.2, 0) is 11.3 Å². The molecule has 3 heterocycles. The second-order valence-corrected chi connectivity index (χ2v) is 5.96. The second kappa shape index (κ2) is 5.58. The summed E-state index contributed by atoms with van der Waals surface area (Å²) in [4.78, 5) is 7.94. The summed E-state index contributed by atoms with van der Waals surface area (Å²) in [6.45, 7) is 6.68. The highest BCUT2D eigenvalue weighted by Crippen LogP contribution is 2.16. The first-order chi connectivity index (χ1) is 9.24. The molecule has 1 N–H and O–H groups in total. The fraction of sp³-hybridized carbons (Fsp3) is 0.615. The third kappa shape index (κ3) is 2.81. The summed E-state index contributed by atoms with van der Waals surface area (Å²) in [6.07, 6.45) is 2.38. The molecule has 0 spiro atoms. The van der Waals surface area contributed by atoms with Gasteiger partial charge in [-0.25, -0.2) is 4.98 Å². The van der Waals surface area contributed by atoms with Crippen molar-refractivity contribution in [2.75, 3.05) is 33.3 Å². The Kier molecular flexibility index (Phi) is 3.83. The van der Waals surface area contributed by atoms with E-state index < -0.39 is 0 Å². The molecule has 19 heavy (non-hydrogen) atoms. The molecule has 1 saturated heterocycles. The van der Waals surface area contributed by atoms with E-state index in [1.54, 1.807) is 11.3 Å². The van der Waals surface area contributed by atoms with E-state index in [0.717, 1.165) is 43.4 Å². The largest absolute Gasteiger partial charge is 0.374 e. The molecule has 1 aliphatic rings. The molecule has 1 atom stereocenters. The smallest absolute Gasteiger partial charge is 0.194 e. The minimum Gasteiger partial charge on any atom is -0.374 e. The van der Waals surface area contributed by atoms with Crippen molar-refractivity contribution in [3.63, 3.8) is 0 Å². The van der Waals surface area contributed by atoms with Crippen molar-refractivity contribution < 1.29 is 4.74 Å². The molecule has 1 fully saturated rings. The van der Waals surface area contributed by atoms with Gasteiger partial charge in [-0.3, -0.25) is 4.40 Å². The summed E-state index contributed by atoms with van der Waals surface area (Å²) < 4.78 is 7.91. The maximum atomic E-state index is 5.75. The zero-order chi connectivity index (χ0) is 13.2. The topological polar surface area (TPSA) is 41.8 Å². The average molecular weight is 280 g/mol. The molecule has 0 aliphatic carbocycles. The highest BCUT2D eigenvalue weighted by Gasteiger charge is 2.17. The summed E-state index contributed by atoms with van der Waals surface area (Å²) in [6, 6.07) is 0. The Balaban J connectivity index is 1.57. The molecule has 2 aromatic heterocycles. The minimum absolute atomic E-state index is 0.296. The van der Waals surface area contributed by atoms with Crippen LogP contribution in [0.3, 0.4) is 0 Å². The molecule has 0 bridgehead atoms. The van der Waals surface area contributed by atoms with Crippen LogP contribution in [0.15, 0.2) is 11.6 Å². The SMILES string of the molecule is Cc1nc2sccn2c1CNC[C@H]1CN(C)CCO1. The Bertz CT molecular complexity index is 550. The monoisotopic (exact) mass is 280 g/mol. The Morgan fingerprint density at radius 1 is 1.58 bits per heavy atom. The zero-order valence-corrected chi connectivity index (χ0v) is 12.2. The molecule has 0 amide bonds. The van der Waals surface area contributed by atoms with E-state index in [1.165, 1.54) is 5.69 Å². The molecule has 0 aromatic carbocycles. The van der Waals surface area contributed by atoms with E-state index in [9.17, 15) is 0 Å². The first kappa shape index (κ1) is 13.1. The Morgan fingerprint density at radius 2 is 2.47 bits per heavy atom. The summed E-state index contributed by atoms with van der Waals surface area (Å²) in [5.74, 6) is 0. The molecule has 6 heteroatoms. The van der Waals surface area contributed by atoms with Gasteiger partial charge in [0.25, 0.3) is 0 Å². The van der Waals surface area contributed by atoms with Gasteiger partial charge in [0.2, 0.25) is 0 Å². The fourth-order valence-corrected chi connectivity index (χ4v) is 3.27. The highest BCUT2D eigenvalue weighted by molar-refractivity contribution is 7.15. The van der Waals surface area contributed by atoms with Crippen molar-refractivity contribution in [2.45, 2.75) is 19.6 Å². The Hall–Kier alpha value is -0.950. The van der Waals surface area contributed by atoms with Crippen LogP contribution in [0.1, 0.15) is 11.4 Å². The molecule has 104 valence electrons. The van der Waals surface area contributed by atoms with Crippen LogP contribution in [-0.4, -0.2) is 53.7 Å². The molecular weight excluding hydrogens is 260 g/mol. The molecule has 5 nitrogen and oxygen atoms in total. The number of rotatable bonds is 4. The van der Waals surface area contributed by atoms with E-state index in [2.05, 4.69) is 45.1 Å². The van der Waals surface area contributed by atoms with Crippen LogP contribution in [0, 0.1) is 6.92 Å². The van der Waals surface area contributed by atoms with Crippen LogP contribution in [0.5, 0.6) is 0 Å². The number of likely N-dealkylation sites (N-methyl/N-ethyl adjacent to an activating group) is 1. The lowest BCUT2D eigenvalue weighted by atomic mass is 10.2. The third-order valence-electron chi connectivity index (χ3n) is 3.57.